The van der Waals surface area contributed by atoms with Crippen molar-refractivity contribution in [2.24, 2.45) is 0 Å². The van der Waals surface area contributed by atoms with Crippen molar-refractivity contribution in [2.45, 2.75) is 19.8 Å². The van der Waals surface area contributed by atoms with Crippen LogP contribution in [0.15, 0.2) is 22.7 Å². The fourth-order valence-corrected chi connectivity index (χ4v) is 2.33. The highest BCUT2D eigenvalue weighted by Gasteiger charge is 2.18. The minimum atomic E-state index is -0.451. The Kier molecular flexibility index (Phi) is 3.52. The van der Waals surface area contributed by atoms with Gasteiger partial charge in [-0.25, -0.2) is 4.68 Å². The summed E-state index contributed by atoms with van der Waals surface area (Å²) in [4.78, 5) is 10.3. The number of nitro groups is 1. The van der Waals surface area contributed by atoms with Crippen LogP contribution in [0.2, 0.25) is 0 Å². The summed E-state index contributed by atoms with van der Waals surface area (Å²) < 4.78 is 2.15. The third-order valence-corrected chi connectivity index (χ3v) is 3.28. The molecule has 2 aromatic rings. The van der Waals surface area contributed by atoms with E-state index in [1.165, 1.54) is 12.1 Å². The molecule has 8 heteroatoms. The van der Waals surface area contributed by atoms with Crippen molar-refractivity contribution in [3.8, 4) is 5.69 Å². The van der Waals surface area contributed by atoms with E-state index in [9.17, 15) is 10.1 Å². The predicted octanol–water partition coefficient (Wildman–Crippen LogP) is 2.64. The molecular weight excluding hydrogens is 314 g/mol. The van der Waals surface area contributed by atoms with Crippen molar-refractivity contribution in [1.82, 2.24) is 15.0 Å². The van der Waals surface area contributed by atoms with Gasteiger partial charge in [0.1, 0.15) is 0 Å². The summed E-state index contributed by atoms with van der Waals surface area (Å²) in [6.45, 7) is 3.95. The Morgan fingerprint density at radius 3 is 2.68 bits per heavy atom. The molecule has 0 aliphatic rings. The maximum atomic E-state index is 10.7. The van der Waals surface area contributed by atoms with E-state index in [4.69, 9.17) is 5.73 Å². The van der Waals surface area contributed by atoms with E-state index in [0.29, 0.717) is 16.0 Å². The summed E-state index contributed by atoms with van der Waals surface area (Å²) in [6, 6.07) is 4.46. The number of nitrogens with two attached hydrogens (primary N) is 1. The van der Waals surface area contributed by atoms with Crippen molar-refractivity contribution < 1.29 is 4.92 Å². The summed E-state index contributed by atoms with van der Waals surface area (Å²) in [7, 11) is 0. The number of anilines is 1. The number of nitrogen functional groups attached to an aromatic ring is 1. The van der Waals surface area contributed by atoms with E-state index >= 15 is 0 Å². The minimum absolute atomic E-state index is 0.00908. The highest BCUT2D eigenvalue weighted by molar-refractivity contribution is 9.10. The third-order valence-electron chi connectivity index (χ3n) is 2.65. The highest BCUT2D eigenvalue weighted by atomic mass is 79.9. The summed E-state index contributed by atoms with van der Waals surface area (Å²) in [5.74, 6) is 0.498. The van der Waals surface area contributed by atoms with Crippen LogP contribution in [0.4, 0.5) is 11.5 Å². The van der Waals surface area contributed by atoms with Gasteiger partial charge in [0.25, 0.3) is 5.69 Å². The van der Waals surface area contributed by atoms with Gasteiger partial charge in [-0.1, -0.05) is 19.1 Å². The first kappa shape index (κ1) is 13.5. The average Bonchev–Trinajstić information content (AvgIpc) is 2.70. The summed E-state index contributed by atoms with van der Waals surface area (Å²) in [5, 5.41) is 18.5. The molecule has 0 spiro atoms. The van der Waals surface area contributed by atoms with Crippen LogP contribution >= 0.6 is 15.9 Å². The lowest BCUT2D eigenvalue weighted by Crippen LogP contribution is -2.06. The van der Waals surface area contributed by atoms with Gasteiger partial charge in [0.15, 0.2) is 5.82 Å². The van der Waals surface area contributed by atoms with Crippen molar-refractivity contribution in [2.75, 3.05) is 5.73 Å². The smallest absolute Gasteiger partial charge is 0.270 e. The van der Waals surface area contributed by atoms with Crippen molar-refractivity contribution in [1.29, 1.82) is 0 Å². The average molecular weight is 326 g/mol. The Morgan fingerprint density at radius 2 is 2.16 bits per heavy atom. The number of halogens is 1. The molecule has 1 aromatic heterocycles. The Balaban J connectivity index is 2.57. The second kappa shape index (κ2) is 4.96. The van der Waals surface area contributed by atoms with Crippen LogP contribution in [0.5, 0.6) is 0 Å². The topological polar surface area (TPSA) is 99.9 Å². The molecule has 0 aliphatic heterocycles. The molecule has 0 unspecified atom stereocenters. The van der Waals surface area contributed by atoms with E-state index in [0.717, 1.165) is 5.69 Å². The zero-order chi connectivity index (χ0) is 14.2. The van der Waals surface area contributed by atoms with Gasteiger partial charge in [-0.2, -0.15) is 0 Å². The van der Waals surface area contributed by atoms with Gasteiger partial charge >= 0.3 is 0 Å². The van der Waals surface area contributed by atoms with Crippen molar-refractivity contribution in [3.05, 3.63) is 38.5 Å². The Bertz CT molecular complexity index is 638. The molecule has 2 rings (SSSR count). The van der Waals surface area contributed by atoms with Crippen LogP contribution < -0.4 is 5.73 Å². The number of hydrogen-bond donors (Lipinski definition) is 1. The van der Waals surface area contributed by atoms with Gasteiger partial charge in [0.05, 0.1) is 20.8 Å². The summed E-state index contributed by atoms with van der Waals surface area (Å²) >= 11 is 3.31. The van der Waals surface area contributed by atoms with Gasteiger partial charge in [0.2, 0.25) is 0 Å². The molecule has 1 aromatic carbocycles. The molecule has 7 nitrogen and oxygen atoms in total. The second-order valence-corrected chi connectivity index (χ2v) is 5.17. The molecule has 0 bridgehead atoms. The lowest BCUT2D eigenvalue weighted by molar-refractivity contribution is -0.384. The largest absolute Gasteiger partial charge is 0.381 e. The van der Waals surface area contributed by atoms with E-state index in [-0.39, 0.29) is 11.6 Å². The number of aromatic nitrogens is 3. The Labute approximate surface area is 117 Å². The monoisotopic (exact) mass is 325 g/mol. The van der Waals surface area contributed by atoms with Crippen LogP contribution in [0, 0.1) is 10.1 Å². The second-order valence-electron chi connectivity index (χ2n) is 4.32. The number of nitrogens with zero attached hydrogens (tertiary/aromatic N) is 4. The molecule has 0 amide bonds. The molecule has 0 atom stereocenters. The SMILES string of the molecule is CC(C)c1c(N)nnn1-c1ccc([N+](=O)[O-])cc1Br. The van der Waals surface area contributed by atoms with Crippen LogP contribution in [-0.4, -0.2) is 19.9 Å². The van der Waals surface area contributed by atoms with E-state index < -0.39 is 4.92 Å². The van der Waals surface area contributed by atoms with Gasteiger partial charge < -0.3 is 5.73 Å². The number of benzene rings is 1. The molecular formula is C11H12BrN5O2. The molecule has 0 fully saturated rings. The van der Waals surface area contributed by atoms with Gasteiger partial charge in [-0.3, -0.25) is 10.1 Å². The molecule has 1 heterocycles. The summed E-state index contributed by atoms with van der Waals surface area (Å²) in [5.41, 5.74) is 7.24. The summed E-state index contributed by atoms with van der Waals surface area (Å²) in [6.07, 6.45) is 0. The molecule has 0 aliphatic carbocycles. The predicted molar refractivity (Wildman–Crippen MR) is 74.2 cm³/mol. The number of hydrogen-bond acceptors (Lipinski definition) is 5. The van der Waals surface area contributed by atoms with E-state index in [1.54, 1.807) is 10.7 Å². The van der Waals surface area contributed by atoms with Crippen LogP contribution in [0.25, 0.3) is 5.69 Å². The number of nitro benzene ring substituents is 1. The Hall–Kier alpha value is -1.96. The Morgan fingerprint density at radius 1 is 1.47 bits per heavy atom. The minimum Gasteiger partial charge on any atom is -0.381 e. The van der Waals surface area contributed by atoms with Crippen molar-refractivity contribution >= 4 is 27.4 Å². The van der Waals surface area contributed by atoms with E-state index in [1.807, 2.05) is 13.8 Å². The van der Waals surface area contributed by atoms with Gasteiger partial charge in [-0.15, -0.1) is 5.10 Å². The van der Waals surface area contributed by atoms with Gasteiger partial charge in [0, 0.05) is 12.1 Å². The first-order valence-electron chi connectivity index (χ1n) is 5.57. The maximum absolute atomic E-state index is 10.7. The lowest BCUT2D eigenvalue weighted by Gasteiger charge is -2.10. The zero-order valence-corrected chi connectivity index (χ0v) is 12.0. The molecule has 100 valence electrons. The van der Waals surface area contributed by atoms with Crippen LogP contribution in [-0.2, 0) is 0 Å². The maximum Gasteiger partial charge on any atom is 0.270 e. The standard InChI is InChI=1S/C11H12BrN5O2/c1-6(2)10-11(13)14-15-16(10)9-4-3-7(17(18)19)5-8(9)12/h3-6H,13H2,1-2H3. The van der Waals surface area contributed by atoms with Crippen LogP contribution in [0.1, 0.15) is 25.5 Å². The fraction of sp³-hybridized carbons (Fsp3) is 0.273. The highest BCUT2D eigenvalue weighted by Crippen LogP contribution is 2.29. The van der Waals surface area contributed by atoms with Crippen LogP contribution in [0.3, 0.4) is 0 Å². The lowest BCUT2D eigenvalue weighted by atomic mass is 10.1. The van der Waals surface area contributed by atoms with Gasteiger partial charge in [-0.05, 0) is 27.9 Å². The quantitative estimate of drug-likeness (QED) is 0.690. The molecule has 19 heavy (non-hydrogen) atoms. The third kappa shape index (κ3) is 2.43. The normalized spacial score (nSPS) is 10.9. The molecule has 2 N–H and O–H groups in total. The molecule has 0 saturated carbocycles. The van der Waals surface area contributed by atoms with E-state index in [2.05, 4.69) is 26.2 Å². The first-order valence-corrected chi connectivity index (χ1v) is 6.36. The fourth-order valence-electron chi connectivity index (χ4n) is 1.80. The molecule has 0 saturated heterocycles. The zero-order valence-electron chi connectivity index (χ0n) is 10.4. The molecule has 0 radical (unpaired) electrons. The number of rotatable bonds is 3. The number of non-ortho nitro benzene ring substituents is 1. The first-order chi connectivity index (χ1) is 8.91. The van der Waals surface area contributed by atoms with Crippen molar-refractivity contribution in [3.63, 3.8) is 0 Å².